The highest BCUT2D eigenvalue weighted by molar-refractivity contribution is 7.98. The first-order valence-electron chi connectivity index (χ1n) is 8.69. The summed E-state index contributed by atoms with van der Waals surface area (Å²) in [6.45, 7) is 0. The van der Waals surface area contributed by atoms with Crippen molar-refractivity contribution < 1.29 is 0 Å². The molecule has 8 nitrogen and oxygen atoms in total. The second-order valence-corrected chi connectivity index (χ2v) is 8.54. The monoisotopic (exact) mass is 399 g/mol. The molecule has 4 aromatic heterocycles. The van der Waals surface area contributed by atoms with E-state index in [1.54, 1.807) is 41.0 Å². The van der Waals surface area contributed by atoms with Crippen LogP contribution >= 0.6 is 23.1 Å². The highest BCUT2D eigenvalue weighted by atomic mass is 32.2. The van der Waals surface area contributed by atoms with Gasteiger partial charge in [0.05, 0.1) is 11.9 Å². The summed E-state index contributed by atoms with van der Waals surface area (Å²) >= 11 is 3.30. The third kappa shape index (κ3) is 3.19. The molecule has 1 N–H and O–H groups in total. The Bertz CT molecular complexity index is 1150. The fraction of sp³-hybridized carbons (Fsp3) is 0.353. The molecular weight excluding hydrogens is 382 g/mol. The van der Waals surface area contributed by atoms with E-state index in [9.17, 15) is 4.79 Å². The van der Waals surface area contributed by atoms with E-state index in [0.29, 0.717) is 28.7 Å². The number of rotatable bonds is 6. The van der Waals surface area contributed by atoms with Gasteiger partial charge in [-0.15, -0.1) is 21.5 Å². The number of hydrogen-bond donors (Lipinski definition) is 1. The maximum absolute atomic E-state index is 12.2. The van der Waals surface area contributed by atoms with Crippen molar-refractivity contribution in [2.24, 2.45) is 7.05 Å². The van der Waals surface area contributed by atoms with Gasteiger partial charge in [-0.2, -0.15) is 5.10 Å². The summed E-state index contributed by atoms with van der Waals surface area (Å²) in [6, 6.07) is 4.68. The molecule has 138 valence electrons. The Kier molecular flexibility index (Phi) is 4.09. The summed E-state index contributed by atoms with van der Waals surface area (Å²) in [5.41, 5.74) is 0.433. The van der Waals surface area contributed by atoms with Gasteiger partial charge in [-0.3, -0.25) is 9.48 Å². The first kappa shape index (κ1) is 16.7. The van der Waals surface area contributed by atoms with Crippen molar-refractivity contribution in [2.45, 2.75) is 36.2 Å². The maximum atomic E-state index is 12.2. The molecular formula is C17H17N7OS2. The third-order valence-electron chi connectivity index (χ3n) is 4.55. The van der Waals surface area contributed by atoms with E-state index in [4.69, 9.17) is 0 Å². The van der Waals surface area contributed by atoms with Crippen LogP contribution in [0.4, 0.5) is 0 Å². The number of hydrogen-bond acceptors (Lipinski definition) is 7. The lowest BCUT2D eigenvalue weighted by Gasteiger charge is -2.08. The predicted octanol–water partition coefficient (Wildman–Crippen LogP) is 2.53. The SMILES string of the molecule is Cn1ncc2c(=O)[nH]c(CSc3nnc(Cc4cccs4)n3C3CC3)nc21. The van der Waals surface area contributed by atoms with Crippen LogP contribution in [-0.4, -0.2) is 34.5 Å². The van der Waals surface area contributed by atoms with Gasteiger partial charge >= 0.3 is 0 Å². The Hall–Kier alpha value is -2.46. The molecule has 0 amide bonds. The van der Waals surface area contributed by atoms with Crippen molar-refractivity contribution >= 4 is 34.1 Å². The Morgan fingerprint density at radius 2 is 2.26 bits per heavy atom. The summed E-state index contributed by atoms with van der Waals surface area (Å²) in [7, 11) is 1.78. The molecule has 1 fully saturated rings. The summed E-state index contributed by atoms with van der Waals surface area (Å²) in [6.07, 6.45) is 4.68. The minimum absolute atomic E-state index is 0.161. The number of aromatic amines is 1. The van der Waals surface area contributed by atoms with Crippen molar-refractivity contribution in [1.82, 2.24) is 34.5 Å². The molecule has 0 radical (unpaired) electrons. The van der Waals surface area contributed by atoms with Crippen LogP contribution in [-0.2, 0) is 19.2 Å². The van der Waals surface area contributed by atoms with Gasteiger partial charge in [0.1, 0.15) is 17.0 Å². The Morgan fingerprint density at radius 1 is 1.37 bits per heavy atom. The van der Waals surface area contributed by atoms with Gasteiger partial charge in [0.15, 0.2) is 10.8 Å². The first-order chi connectivity index (χ1) is 13.2. The number of thiophene rings is 1. The smallest absolute Gasteiger partial charge is 0.262 e. The molecule has 27 heavy (non-hydrogen) atoms. The van der Waals surface area contributed by atoms with Crippen molar-refractivity contribution in [3.63, 3.8) is 0 Å². The highest BCUT2D eigenvalue weighted by Crippen LogP contribution is 2.39. The third-order valence-corrected chi connectivity index (χ3v) is 6.38. The van der Waals surface area contributed by atoms with Crippen LogP contribution in [0.2, 0.25) is 0 Å². The van der Waals surface area contributed by atoms with Gasteiger partial charge in [0, 0.05) is 24.4 Å². The van der Waals surface area contributed by atoms with Crippen molar-refractivity contribution in [3.05, 3.63) is 50.6 Å². The number of fused-ring (bicyclic) bond motifs is 1. The van der Waals surface area contributed by atoms with Gasteiger partial charge in [-0.25, -0.2) is 4.98 Å². The van der Waals surface area contributed by atoms with Crippen LogP contribution in [0, 0.1) is 0 Å². The highest BCUT2D eigenvalue weighted by Gasteiger charge is 2.29. The zero-order chi connectivity index (χ0) is 18.4. The summed E-state index contributed by atoms with van der Waals surface area (Å²) < 4.78 is 3.87. The molecule has 1 aliphatic carbocycles. The second-order valence-electron chi connectivity index (χ2n) is 6.56. The Morgan fingerprint density at radius 3 is 3.04 bits per heavy atom. The lowest BCUT2D eigenvalue weighted by molar-refractivity contribution is 0.635. The quantitative estimate of drug-likeness (QED) is 0.501. The molecule has 10 heteroatoms. The Balaban J connectivity index is 1.40. The number of nitrogens with zero attached hydrogens (tertiary/aromatic N) is 6. The van der Waals surface area contributed by atoms with E-state index >= 15 is 0 Å². The molecule has 0 unspecified atom stereocenters. The van der Waals surface area contributed by atoms with Gasteiger partial charge in [0.2, 0.25) is 0 Å². The van der Waals surface area contributed by atoms with E-state index in [1.807, 2.05) is 0 Å². The molecule has 0 aliphatic heterocycles. The van der Waals surface area contributed by atoms with E-state index < -0.39 is 0 Å². The predicted molar refractivity (Wildman–Crippen MR) is 104 cm³/mol. The van der Waals surface area contributed by atoms with Gasteiger partial charge in [0.25, 0.3) is 5.56 Å². The zero-order valence-corrected chi connectivity index (χ0v) is 16.3. The van der Waals surface area contributed by atoms with Gasteiger partial charge in [-0.1, -0.05) is 17.8 Å². The fourth-order valence-electron chi connectivity index (χ4n) is 3.07. The van der Waals surface area contributed by atoms with Gasteiger partial charge in [-0.05, 0) is 24.3 Å². The molecule has 0 bridgehead atoms. The maximum Gasteiger partial charge on any atom is 0.262 e. The van der Waals surface area contributed by atoms with Crippen LogP contribution in [0.1, 0.15) is 35.4 Å². The Labute approximate surface area is 162 Å². The number of thioether (sulfide) groups is 1. The summed E-state index contributed by atoms with van der Waals surface area (Å²) in [5, 5.41) is 16.4. The van der Waals surface area contributed by atoms with Crippen molar-refractivity contribution in [1.29, 1.82) is 0 Å². The number of aromatic nitrogens is 7. The topological polar surface area (TPSA) is 94.3 Å². The van der Waals surface area contributed by atoms with Crippen LogP contribution in [0.25, 0.3) is 11.0 Å². The largest absolute Gasteiger partial charge is 0.309 e. The van der Waals surface area contributed by atoms with Crippen molar-refractivity contribution in [2.75, 3.05) is 0 Å². The molecule has 4 heterocycles. The van der Waals surface area contributed by atoms with E-state index in [0.717, 1.165) is 17.4 Å². The lowest BCUT2D eigenvalue weighted by atomic mass is 10.3. The standard InChI is InChI=1S/C17H17N7OS2/c1-23-15-12(8-18-23)16(25)20-13(19-15)9-27-17-22-21-14(24(17)10-4-5-10)7-11-3-2-6-26-11/h2-3,6,8,10H,4-5,7,9H2,1H3,(H,19,20,25). The van der Waals surface area contributed by atoms with E-state index in [1.165, 1.54) is 17.7 Å². The average molecular weight is 400 g/mol. The fourth-order valence-corrected chi connectivity index (χ4v) is 4.67. The normalized spacial score (nSPS) is 14.3. The van der Waals surface area contributed by atoms with Crippen LogP contribution in [0.5, 0.6) is 0 Å². The molecule has 0 aromatic carbocycles. The molecule has 0 spiro atoms. The summed E-state index contributed by atoms with van der Waals surface area (Å²) in [4.78, 5) is 20.9. The lowest BCUT2D eigenvalue weighted by Crippen LogP contribution is -2.11. The molecule has 5 rings (SSSR count). The summed E-state index contributed by atoms with van der Waals surface area (Å²) in [5.74, 6) is 2.15. The molecule has 4 aromatic rings. The minimum Gasteiger partial charge on any atom is -0.309 e. The van der Waals surface area contributed by atoms with Crippen LogP contribution < -0.4 is 5.56 Å². The van der Waals surface area contributed by atoms with Crippen LogP contribution in [0.3, 0.4) is 0 Å². The number of nitrogens with one attached hydrogen (secondary N) is 1. The second kappa shape index (κ2) is 6.61. The zero-order valence-electron chi connectivity index (χ0n) is 14.6. The molecule has 0 atom stereocenters. The van der Waals surface area contributed by atoms with Crippen LogP contribution in [0.15, 0.2) is 33.7 Å². The molecule has 0 saturated heterocycles. The molecule has 1 aliphatic rings. The van der Waals surface area contributed by atoms with E-state index in [-0.39, 0.29) is 5.56 Å². The number of aryl methyl sites for hydroxylation is 1. The van der Waals surface area contributed by atoms with E-state index in [2.05, 4.69) is 47.3 Å². The molecule has 1 saturated carbocycles. The van der Waals surface area contributed by atoms with Crippen molar-refractivity contribution in [3.8, 4) is 0 Å². The first-order valence-corrected chi connectivity index (χ1v) is 10.6. The average Bonchev–Trinajstić information content (AvgIpc) is 3.04. The number of H-pyrrole nitrogens is 1. The minimum atomic E-state index is -0.161. The van der Waals surface area contributed by atoms with Gasteiger partial charge < -0.3 is 9.55 Å².